The summed E-state index contributed by atoms with van der Waals surface area (Å²) in [6.07, 6.45) is 5.97. The quantitative estimate of drug-likeness (QED) is 0.622. The van der Waals surface area contributed by atoms with E-state index in [1.807, 2.05) is 0 Å². The van der Waals surface area contributed by atoms with Gasteiger partial charge in [-0.3, -0.25) is 20.2 Å². The third-order valence-electron chi connectivity index (χ3n) is 4.06. The van der Waals surface area contributed by atoms with Gasteiger partial charge in [0.05, 0.1) is 4.92 Å². The number of anilines is 1. The Balaban J connectivity index is 1.49. The van der Waals surface area contributed by atoms with Crippen molar-refractivity contribution < 1.29 is 14.5 Å². The van der Waals surface area contributed by atoms with Crippen molar-refractivity contribution in [2.45, 2.75) is 38.0 Å². The van der Waals surface area contributed by atoms with E-state index in [0.29, 0.717) is 16.8 Å². The molecule has 0 saturated heterocycles. The number of amides is 1. The third-order valence-corrected chi connectivity index (χ3v) is 5.06. The van der Waals surface area contributed by atoms with Crippen LogP contribution in [0.5, 0.6) is 5.75 Å². The number of aromatic nitrogens is 2. The lowest BCUT2D eigenvalue weighted by molar-refractivity contribution is -0.384. The first-order valence-electron chi connectivity index (χ1n) is 8.12. The van der Waals surface area contributed by atoms with Gasteiger partial charge in [0, 0.05) is 18.1 Å². The third kappa shape index (κ3) is 4.72. The monoisotopic (exact) mass is 362 g/mol. The van der Waals surface area contributed by atoms with Crippen LogP contribution in [0.25, 0.3) is 0 Å². The largest absolute Gasteiger partial charge is 0.484 e. The van der Waals surface area contributed by atoms with Crippen LogP contribution in [0.2, 0.25) is 0 Å². The van der Waals surface area contributed by atoms with Gasteiger partial charge in [-0.2, -0.15) is 0 Å². The van der Waals surface area contributed by atoms with E-state index in [-0.39, 0.29) is 18.2 Å². The van der Waals surface area contributed by atoms with Crippen LogP contribution in [0.3, 0.4) is 0 Å². The molecule has 1 aliphatic rings. The molecule has 25 heavy (non-hydrogen) atoms. The van der Waals surface area contributed by atoms with E-state index in [4.69, 9.17) is 4.74 Å². The molecule has 1 aliphatic carbocycles. The maximum atomic E-state index is 11.9. The van der Waals surface area contributed by atoms with E-state index < -0.39 is 4.92 Å². The summed E-state index contributed by atoms with van der Waals surface area (Å²) in [7, 11) is 0. The lowest BCUT2D eigenvalue weighted by atomic mass is 9.90. The highest BCUT2D eigenvalue weighted by Crippen LogP contribution is 2.35. The van der Waals surface area contributed by atoms with Crippen molar-refractivity contribution in [1.29, 1.82) is 0 Å². The predicted molar refractivity (Wildman–Crippen MR) is 93.0 cm³/mol. The number of non-ortho nitro benzene ring substituents is 1. The van der Waals surface area contributed by atoms with E-state index in [9.17, 15) is 14.9 Å². The highest BCUT2D eigenvalue weighted by atomic mass is 32.1. The van der Waals surface area contributed by atoms with Gasteiger partial charge in [0.1, 0.15) is 10.8 Å². The number of carbonyl (C=O) groups excluding carboxylic acids is 1. The first-order valence-corrected chi connectivity index (χ1v) is 8.94. The minimum Gasteiger partial charge on any atom is -0.484 e. The molecular formula is C16H18N4O4S. The number of benzene rings is 1. The van der Waals surface area contributed by atoms with Gasteiger partial charge in [-0.05, 0) is 25.0 Å². The maximum Gasteiger partial charge on any atom is 0.269 e. The molecule has 1 heterocycles. The van der Waals surface area contributed by atoms with Gasteiger partial charge in [0.25, 0.3) is 11.6 Å². The van der Waals surface area contributed by atoms with Gasteiger partial charge >= 0.3 is 0 Å². The molecule has 2 aromatic rings. The summed E-state index contributed by atoms with van der Waals surface area (Å²) in [5.74, 6) is 0.499. The fourth-order valence-corrected chi connectivity index (χ4v) is 3.70. The zero-order chi connectivity index (χ0) is 17.6. The lowest BCUT2D eigenvalue weighted by Crippen LogP contribution is -2.20. The highest BCUT2D eigenvalue weighted by molar-refractivity contribution is 7.15. The topological polar surface area (TPSA) is 107 Å². The van der Waals surface area contributed by atoms with Gasteiger partial charge in [0.2, 0.25) is 5.13 Å². The standard InChI is InChI=1S/C16H18N4O4S/c21-14(10-24-13-8-6-12(7-9-13)20(22)23)17-16-19-18-15(25-16)11-4-2-1-3-5-11/h6-9,11H,1-5,10H2,(H,17,19,21). The summed E-state index contributed by atoms with van der Waals surface area (Å²) in [6, 6.07) is 5.57. The second-order valence-electron chi connectivity index (χ2n) is 5.87. The Hall–Kier alpha value is -2.55. The summed E-state index contributed by atoms with van der Waals surface area (Å²) >= 11 is 1.41. The minimum absolute atomic E-state index is 0.0269. The molecule has 132 valence electrons. The molecule has 0 bridgehead atoms. The Labute approximate surface area is 148 Å². The average molecular weight is 362 g/mol. The number of nitrogens with zero attached hydrogens (tertiary/aromatic N) is 3. The van der Waals surface area contributed by atoms with Crippen LogP contribution in [0, 0.1) is 10.1 Å². The van der Waals surface area contributed by atoms with E-state index >= 15 is 0 Å². The van der Waals surface area contributed by atoms with Crippen LogP contribution < -0.4 is 10.1 Å². The number of nitro groups is 1. The number of nitrogens with one attached hydrogen (secondary N) is 1. The fraction of sp³-hybridized carbons (Fsp3) is 0.438. The molecule has 0 aliphatic heterocycles. The summed E-state index contributed by atoms with van der Waals surface area (Å²) in [4.78, 5) is 22.0. The van der Waals surface area contributed by atoms with Crippen molar-refractivity contribution >= 4 is 28.1 Å². The van der Waals surface area contributed by atoms with Crippen molar-refractivity contribution in [3.8, 4) is 5.75 Å². The molecule has 9 heteroatoms. The van der Waals surface area contributed by atoms with Crippen LogP contribution in [0.1, 0.15) is 43.0 Å². The van der Waals surface area contributed by atoms with Crippen LogP contribution in [-0.2, 0) is 4.79 Å². The Morgan fingerprint density at radius 2 is 1.96 bits per heavy atom. The molecule has 0 radical (unpaired) electrons. The zero-order valence-corrected chi connectivity index (χ0v) is 14.3. The van der Waals surface area contributed by atoms with Crippen molar-refractivity contribution in [3.05, 3.63) is 39.4 Å². The average Bonchev–Trinajstić information content (AvgIpc) is 3.09. The van der Waals surface area contributed by atoms with Crippen LogP contribution >= 0.6 is 11.3 Å². The fourth-order valence-electron chi connectivity index (χ4n) is 2.77. The normalized spacial score (nSPS) is 14.9. The maximum absolute atomic E-state index is 11.9. The predicted octanol–water partition coefficient (Wildman–Crippen LogP) is 3.51. The van der Waals surface area contributed by atoms with Gasteiger partial charge in [-0.25, -0.2) is 0 Å². The summed E-state index contributed by atoms with van der Waals surface area (Å²) in [5.41, 5.74) is -0.0269. The Morgan fingerprint density at radius 3 is 2.64 bits per heavy atom. The van der Waals surface area contributed by atoms with Crippen LogP contribution in [0.4, 0.5) is 10.8 Å². The molecule has 8 nitrogen and oxygen atoms in total. The van der Waals surface area contributed by atoms with Crippen molar-refractivity contribution in [1.82, 2.24) is 10.2 Å². The smallest absolute Gasteiger partial charge is 0.269 e. The first kappa shape index (κ1) is 17.3. The zero-order valence-electron chi connectivity index (χ0n) is 13.5. The number of rotatable bonds is 6. The highest BCUT2D eigenvalue weighted by Gasteiger charge is 2.20. The van der Waals surface area contributed by atoms with Gasteiger partial charge in [-0.1, -0.05) is 30.6 Å². The molecule has 0 unspecified atom stereocenters. The molecule has 1 aromatic carbocycles. The molecular weight excluding hydrogens is 344 g/mol. The van der Waals surface area contributed by atoms with Crippen molar-refractivity contribution in [2.24, 2.45) is 0 Å². The molecule has 1 amide bonds. The molecule has 0 spiro atoms. The van der Waals surface area contributed by atoms with Crippen molar-refractivity contribution in [3.63, 3.8) is 0 Å². The van der Waals surface area contributed by atoms with E-state index in [2.05, 4.69) is 15.5 Å². The first-order chi connectivity index (χ1) is 12.1. The van der Waals surface area contributed by atoms with Gasteiger partial charge < -0.3 is 4.74 Å². The summed E-state index contributed by atoms with van der Waals surface area (Å²) in [5, 5.41) is 22.9. The number of hydrogen-bond acceptors (Lipinski definition) is 7. The van der Waals surface area contributed by atoms with E-state index in [1.165, 1.54) is 54.9 Å². The Kier molecular flexibility index (Phi) is 5.54. The van der Waals surface area contributed by atoms with Crippen LogP contribution in [0.15, 0.2) is 24.3 Å². The summed E-state index contributed by atoms with van der Waals surface area (Å²) in [6.45, 7) is -0.198. The molecule has 0 atom stereocenters. The van der Waals surface area contributed by atoms with E-state index in [0.717, 1.165) is 17.8 Å². The summed E-state index contributed by atoms with van der Waals surface area (Å²) < 4.78 is 5.32. The Morgan fingerprint density at radius 1 is 1.24 bits per heavy atom. The number of ether oxygens (including phenoxy) is 1. The molecule has 1 aromatic heterocycles. The molecule has 1 saturated carbocycles. The minimum atomic E-state index is -0.490. The Bertz CT molecular complexity index is 741. The second-order valence-corrected chi connectivity index (χ2v) is 6.88. The molecule has 1 N–H and O–H groups in total. The lowest BCUT2D eigenvalue weighted by Gasteiger charge is -2.18. The number of hydrogen-bond donors (Lipinski definition) is 1. The number of carbonyl (C=O) groups is 1. The van der Waals surface area contributed by atoms with Gasteiger partial charge in [-0.15, -0.1) is 10.2 Å². The molecule has 3 rings (SSSR count). The second kappa shape index (κ2) is 8.02. The molecule has 1 fully saturated rings. The van der Waals surface area contributed by atoms with Gasteiger partial charge in [0.15, 0.2) is 6.61 Å². The van der Waals surface area contributed by atoms with E-state index in [1.54, 1.807) is 0 Å². The van der Waals surface area contributed by atoms with Crippen LogP contribution in [-0.4, -0.2) is 27.6 Å². The van der Waals surface area contributed by atoms with Crippen molar-refractivity contribution in [2.75, 3.05) is 11.9 Å². The number of nitro benzene ring substituents is 1. The SMILES string of the molecule is O=C(COc1ccc([N+](=O)[O-])cc1)Nc1nnc(C2CCCCC2)s1.